The fraction of sp³-hybridized carbons (Fsp3) is 0.167. The molecule has 46 valence electrons. The zero-order chi connectivity index (χ0) is 7.40. The van der Waals surface area contributed by atoms with Crippen molar-refractivity contribution in [1.29, 1.82) is 1.28 Å². The lowest BCUT2D eigenvalue weighted by Gasteiger charge is -1.72. The van der Waals surface area contributed by atoms with E-state index in [-0.39, 0.29) is 9.18 Å². The second kappa shape index (κ2) is 2.66. The highest BCUT2D eigenvalue weighted by Gasteiger charge is 1.88. The van der Waals surface area contributed by atoms with Crippen LogP contribution in [0.1, 0.15) is 12.6 Å². The maximum absolute atomic E-state index is 6.98. The Kier molecular flexibility index (Phi) is 1.48. The molecule has 1 unspecified atom stereocenters. The maximum Gasteiger partial charge on any atom is 0.131 e. The highest BCUT2D eigenvalue weighted by Crippen LogP contribution is 1.87. The van der Waals surface area contributed by atoms with E-state index in [4.69, 9.17) is 1.28 Å². The van der Waals surface area contributed by atoms with Crippen LogP contribution in [0.2, 0.25) is 0 Å². The van der Waals surface area contributed by atoms with Gasteiger partial charge in [-0.15, -0.1) is 0 Å². The lowest BCUT2D eigenvalue weighted by atomic mass is 10.5. The quantitative estimate of drug-likeness (QED) is 0.440. The van der Waals surface area contributed by atoms with Crippen LogP contribution in [0.3, 0.4) is 0 Å². The van der Waals surface area contributed by atoms with Gasteiger partial charge in [0.15, 0.2) is 0 Å². The molecule has 0 aliphatic rings. The second-order valence-electron chi connectivity index (χ2n) is 1.51. The van der Waals surface area contributed by atoms with E-state index in [1.807, 2.05) is 0 Å². The molecular formula is C6H7N2P. The number of nitrogens with one attached hydrogen (secondary N) is 1. The number of nitrogens with zero attached hydrogens (tertiary/aromatic N) is 1. The summed E-state index contributed by atoms with van der Waals surface area (Å²) in [5.41, 5.74) is 1.41. The summed E-state index contributed by atoms with van der Waals surface area (Å²) in [7, 11) is -0.0291. The molecule has 3 heteroatoms. The number of imidazole rings is 1. The van der Waals surface area contributed by atoms with Crippen molar-refractivity contribution < 1.29 is 0 Å². The lowest BCUT2D eigenvalue weighted by Crippen LogP contribution is -1.92. The largest absolute Gasteiger partial charge is 0.344 e. The van der Waals surface area contributed by atoms with Crippen molar-refractivity contribution in [3.8, 4) is 11.8 Å². The predicted molar refractivity (Wildman–Crippen MR) is 40.5 cm³/mol. The number of aromatic amines is 1. The molecule has 0 bridgehead atoms. The van der Waals surface area contributed by atoms with E-state index in [0.29, 0.717) is 5.57 Å². The van der Waals surface area contributed by atoms with Crippen LogP contribution >= 0.6 is 9.18 Å². The number of hydrogen-bond donors (Lipinski definition) is 1. The summed E-state index contributed by atoms with van der Waals surface area (Å²) in [5.74, 6) is 5.52. The smallest absolute Gasteiger partial charge is 0.131 e. The molecule has 0 amide bonds. The molecule has 0 spiro atoms. The Morgan fingerprint density at radius 1 is 2.00 bits per heavy atom. The number of hydrogen-bond acceptors (Lipinski definition) is 1. The minimum absolute atomic E-state index is 0.0291. The average molecular weight is 140 g/mol. The molecular weight excluding hydrogens is 131 g/mol. The van der Waals surface area contributed by atoms with Gasteiger partial charge in [-0.3, -0.25) is 0 Å². The summed E-state index contributed by atoms with van der Waals surface area (Å²) >= 11 is 0. The molecule has 0 fully saturated rings. The molecule has 2 nitrogen and oxygen atoms in total. The molecule has 0 aliphatic carbocycles. The van der Waals surface area contributed by atoms with Crippen LogP contribution < -0.4 is 5.57 Å². The molecule has 1 aromatic heterocycles. The van der Waals surface area contributed by atoms with Gasteiger partial charge in [0, 0.05) is 6.20 Å². The number of aromatic nitrogens is 2. The van der Waals surface area contributed by atoms with Gasteiger partial charge in [0.25, 0.3) is 0 Å². The molecule has 9 heavy (non-hydrogen) atoms. The third-order valence-corrected chi connectivity index (χ3v) is 1.09. The molecule has 1 heterocycles. The van der Waals surface area contributed by atoms with Crippen LogP contribution in [-0.4, -0.2) is 11.2 Å². The van der Waals surface area contributed by atoms with Gasteiger partial charge in [0.1, 0.15) is 11.3 Å². The van der Waals surface area contributed by atoms with Crippen LogP contribution in [0.15, 0.2) is 6.20 Å². The van der Waals surface area contributed by atoms with Crippen LogP contribution in [-0.2, 0) is 0 Å². The van der Waals surface area contributed by atoms with E-state index in [1.54, 1.807) is 13.1 Å². The first-order chi connectivity index (χ1) is 4.86. The SMILES string of the molecule is [3H]Pc1nc(C#CC)c[nH]1. The lowest BCUT2D eigenvalue weighted by molar-refractivity contribution is 1.40. The first-order valence-electron chi connectivity index (χ1n) is 3.02. The zero-order valence-electron chi connectivity index (χ0n) is 6.02. The molecule has 0 saturated heterocycles. The van der Waals surface area contributed by atoms with Gasteiger partial charge in [0.05, 0.1) is 1.28 Å². The summed E-state index contributed by atoms with van der Waals surface area (Å²) in [5, 5.41) is 0. The monoisotopic (exact) mass is 140 g/mol. The second-order valence-corrected chi connectivity index (χ2v) is 1.98. The van der Waals surface area contributed by atoms with E-state index in [2.05, 4.69) is 21.8 Å². The van der Waals surface area contributed by atoms with Gasteiger partial charge < -0.3 is 4.98 Å². The molecule has 0 aromatic carbocycles. The van der Waals surface area contributed by atoms with Gasteiger partial charge in [-0.2, -0.15) is 0 Å². The fourth-order valence-corrected chi connectivity index (χ4v) is 0.706. The van der Waals surface area contributed by atoms with Gasteiger partial charge in [-0.05, 0) is 12.8 Å². The Hall–Kier alpha value is -0.800. The van der Waals surface area contributed by atoms with E-state index < -0.39 is 0 Å². The Balaban J connectivity index is 2.84. The van der Waals surface area contributed by atoms with E-state index >= 15 is 0 Å². The molecule has 1 aromatic rings. The highest BCUT2D eigenvalue weighted by atomic mass is 31.0. The standard InChI is InChI=1S/C6H7N2P/c1-2-3-5-4-7-6(9)8-5/h4H,9H2,1H3,(H,7,8)/i9T. The number of rotatable bonds is 1. The first kappa shape index (κ1) is 5.02. The van der Waals surface area contributed by atoms with Crippen LogP contribution in [0.25, 0.3) is 0 Å². The van der Waals surface area contributed by atoms with Crippen LogP contribution in [0.4, 0.5) is 0 Å². The van der Waals surface area contributed by atoms with Crippen molar-refractivity contribution in [3.05, 3.63) is 11.9 Å². The number of H-pyrrole nitrogens is 1. The molecule has 1 rings (SSSR count). The molecule has 1 atom stereocenters. The molecule has 0 aliphatic heterocycles. The summed E-state index contributed by atoms with van der Waals surface area (Å²) in [6.07, 6.45) is 1.72. The summed E-state index contributed by atoms with van der Waals surface area (Å²) in [4.78, 5) is 6.87. The highest BCUT2D eigenvalue weighted by molar-refractivity contribution is 7.26. The van der Waals surface area contributed by atoms with E-state index in [0.717, 1.165) is 5.69 Å². The maximum atomic E-state index is 6.98. The third kappa shape index (κ3) is 1.55. The summed E-state index contributed by atoms with van der Waals surface area (Å²) < 4.78 is 6.98. The minimum atomic E-state index is -0.0291. The average Bonchev–Trinajstić information content (AvgIpc) is 2.37. The van der Waals surface area contributed by atoms with E-state index in [1.165, 1.54) is 0 Å². The summed E-state index contributed by atoms with van der Waals surface area (Å²) in [6, 6.07) is 0. The Morgan fingerprint density at radius 2 is 2.89 bits per heavy atom. The Morgan fingerprint density at radius 3 is 3.44 bits per heavy atom. The van der Waals surface area contributed by atoms with Gasteiger partial charge >= 0.3 is 0 Å². The molecule has 0 saturated carbocycles. The van der Waals surface area contributed by atoms with Gasteiger partial charge in [-0.1, -0.05) is 15.1 Å². The third-order valence-electron chi connectivity index (χ3n) is 0.831. The predicted octanol–water partition coefficient (Wildman–Crippen LogP) is 0.281. The minimum Gasteiger partial charge on any atom is -0.344 e. The fourth-order valence-electron chi connectivity index (χ4n) is 0.514. The van der Waals surface area contributed by atoms with Crippen molar-refractivity contribution in [2.45, 2.75) is 6.92 Å². The van der Waals surface area contributed by atoms with Crippen molar-refractivity contribution in [2.75, 3.05) is 0 Å². The van der Waals surface area contributed by atoms with Gasteiger partial charge in [0.2, 0.25) is 0 Å². The Bertz CT molecular complexity index is 271. The Labute approximate surface area is 57.6 Å². The van der Waals surface area contributed by atoms with Crippen molar-refractivity contribution >= 4 is 14.8 Å². The van der Waals surface area contributed by atoms with Crippen LogP contribution in [0.5, 0.6) is 0 Å². The first-order valence-corrected chi connectivity index (χ1v) is 3.02. The van der Waals surface area contributed by atoms with Crippen LogP contribution in [0, 0.1) is 11.8 Å². The van der Waals surface area contributed by atoms with Crippen molar-refractivity contribution in [3.63, 3.8) is 0 Å². The zero-order valence-corrected chi connectivity index (χ0v) is 6.02. The summed E-state index contributed by atoms with van der Waals surface area (Å²) in [6.45, 7) is 1.76. The van der Waals surface area contributed by atoms with E-state index in [9.17, 15) is 0 Å². The van der Waals surface area contributed by atoms with Crippen molar-refractivity contribution in [1.82, 2.24) is 9.97 Å². The van der Waals surface area contributed by atoms with Crippen molar-refractivity contribution in [2.24, 2.45) is 0 Å². The van der Waals surface area contributed by atoms with Gasteiger partial charge in [-0.25, -0.2) is 4.98 Å². The molecule has 0 radical (unpaired) electrons. The normalized spacial score (nSPS) is 11.0. The molecule has 1 N–H and O–H groups in total. The topological polar surface area (TPSA) is 28.7 Å².